The van der Waals surface area contributed by atoms with E-state index in [-0.39, 0.29) is 5.91 Å². The lowest BCUT2D eigenvalue weighted by Gasteiger charge is -2.11. The third-order valence-corrected chi connectivity index (χ3v) is 3.27. The van der Waals surface area contributed by atoms with Crippen LogP contribution >= 0.6 is 27.5 Å². The van der Waals surface area contributed by atoms with Crippen LogP contribution in [0.15, 0.2) is 28.7 Å². The number of alkyl halides is 1. The van der Waals surface area contributed by atoms with Crippen LogP contribution in [0.25, 0.3) is 0 Å². The molecule has 0 spiro atoms. The van der Waals surface area contributed by atoms with Crippen molar-refractivity contribution < 1.29 is 4.79 Å². The van der Waals surface area contributed by atoms with E-state index in [1.807, 2.05) is 24.3 Å². The van der Waals surface area contributed by atoms with Crippen molar-refractivity contribution in [1.29, 1.82) is 0 Å². The first-order valence-corrected chi connectivity index (χ1v) is 7.01. The Labute approximate surface area is 116 Å². The maximum absolute atomic E-state index is 11.7. The summed E-state index contributed by atoms with van der Waals surface area (Å²) in [6, 6.07) is 7.79. The number of halogens is 2. The highest BCUT2D eigenvalue weighted by Crippen LogP contribution is 2.10. The van der Waals surface area contributed by atoms with Gasteiger partial charge >= 0.3 is 0 Å². The molecule has 17 heavy (non-hydrogen) atoms. The van der Waals surface area contributed by atoms with Gasteiger partial charge in [0.2, 0.25) is 5.91 Å². The lowest BCUT2D eigenvalue weighted by atomic mass is 10.1. The molecule has 4 heteroatoms. The van der Waals surface area contributed by atoms with E-state index in [0.717, 1.165) is 16.5 Å². The van der Waals surface area contributed by atoms with Crippen LogP contribution < -0.4 is 5.32 Å². The maximum Gasteiger partial charge on any atom is 0.224 e. The minimum Gasteiger partial charge on any atom is -0.356 e. The van der Waals surface area contributed by atoms with E-state index < -0.39 is 0 Å². The van der Waals surface area contributed by atoms with Crippen LogP contribution in [0.3, 0.4) is 0 Å². The largest absolute Gasteiger partial charge is 0.356 e. The average molecular weight is 319 g/mol. The van der Waals surface area contributed by atoms with Crippen molar-refractivity contribution in [3.8, 4) is 0 Å². The fraction of sp³-hybridized carbons (Fsp3) is 0.462. The van der Waals surface area contributed by atoms with Crippen LogP contribution in [0, 0.1) is 5.92 Å². The van der Waals surface area contributed by atoms with Crippen LogP contribution in [0.5, 0.6) is 0 Å². The first kappa shape index (κ1) is 14.5. The van der Waals surface area contributed by atoms with Crippen LogP contribution in [0.1, 0.15) is 18.9 Å². The quantitative estimate of drug-likeness (QED) is 0.801. The minimum absolute atomic E-state index is 0.0637. The summed E-state index contributed by atoms with van der Waals surface area (Å²) in [6.07, 6.45) is 1.36. The Morgan fingerprint density at radius 3 is 2.65 bits per heavy atom. The predicted molar refractivity (Wildman–Crippen MR) is 75.4 cm³/mol. The molecule has 1 amide bonds. The lowest BCUT2D eigenvalue weighted by molar-refractivity contribution is -0.120. The summed E-state index contributed by atoms with van der Waals surface area (Å²) >= 11 is 9.00. The molecular weight excluding hydrogens is 302 g/mol. The van der Waals surface area contributed by atoms with E-state index in [4.69, 9.17) is 11.6 Å². The molecule has 1 rings (SSSR count). The monoisotopic (exact) mass is 317 g/mol. The molecule has 0 bridgehead atoms. The van der Waals surface area contributed by atoms with E-state index in [2.05, 4.69) is 28.2 Å². The van der Waals surface area contributed by atoms with E-state index in [9.17, 15) is 4.79 Å². The topological polar surface area (TPSA) is 29.1 Å². The van der Waals surface area contributed by atoms with E-state index in [0.29, 0.717) is 24.8 Å². The third-order valence-electron chi connectivity index (χ3n) is 2.53. The van der Waals surface area contributed by atoms with Gasteiger partial charge in [-0.05, 0) is 30.0 Å². The normalized spacial score (nSPS) is 12.2. The Morgan fingerprint density at radius 2 is 2.06 bits per heavy atom. The molecule has 0 radical (unpaired) electrons. The molecule has 0 heterocycles. The van der Waals surface area contributed by atoms with Gasteiger partial charge in [-0.3, -0.25) is 4.79 Å². The van der Waals surface area contributed by atoms with Crippen molar-refractivity contribution in [2.45, 2.75) is 19.8 Å². The minimum atomic E-state index is 0.0637. The highest BCUT2D eigenvalue weighted by molar-refractivity contribution is 9.10. The van der Waals surface area contributed by atoms with Gasteiger partial charge in [0, 0.05) is 16.9 Å². The molecule has 1 aromatic rings. The summed E-state index contributed by atoms with van der Waals surface area (Å²) in [6.45, 7) is 2.78. The van der Waals surface area contributed by atoms with Crippen molar-refractivity contribution >= 4 is 33.4 Å². The van der Waals surface area contributed by atoms with Gasteiger partial charge in [-0.1, -0.05) is 35.0 Å². The van der Waals surface area contributed by atoms with Gasteiger partial charge in [0.05, 0.1) is 6.42 Å². The third kappa shape index (κ3) is 6.08. The Hall–Kier alpha value is -0.540. The van der Waals surface area contributed by atoms with Crippen LogP contribution in [0.4, 0.5) is 0 Å². The molecule has 1 unspecified atom stereocenters. The fourth-order valence-electron chi connectivity index (χ4n) is 1.43. The zero-order valence-corrected chi connectivity index (χ0v) is 12.2. The van der Waals surface area contributed by atoms with Gasteiger partial charge in [0.15, 0.2) is 0 Å². The first-order valence-electron chi connectivity index (χ1n) is 5.69. The van der Waals surface area contributed by atoms with Gasteiger partial charge in [-0.25, -0.2) is 0 Å². The highest BCUT2D eigenvalue weighted by Gasteiger charge is 2.06. The molecule has 0 aliphatic heterocycles. The van der Waals surface area contributed by atoms with Crippen molar-refractivity contribution in [1.82, 2.24) is 5.32 Å². The van der Waals surface area contributed by atoms with E-state index >= 15 is 0 Å². The molecule has 0 aliphatic rings. The number of hydrogen-bond acceptors (Lipinski definition) is 1. The van der Waals surface area contributed by atoms with Gasteiger partial charge < -0.3 is 5.32 Å². The second-order valence-electron chi connectivity index (χ2n) is 4.19. The van der Waals surface area contributed by atoms with Crippen molar-refractivity contribution in [3.63, 3.8) is 0 Å². The fourth-order valence-corrected chi connectivity index (χ4v) is 2.06. The van der Waals surface area contributed by atoms with E-state index in [1.165, 1.54) is 0 Å². The molecule has 0 saturated heterocycles. The number of carbonyl (C=O) groups excluding carboxylic acids is 1. The molecule has 0 aromatic heterocycles. The molecule has 1 aromatic carbocycles. The molecule has 0 fully saturated rings. The van der Waals surface area contributed by atoms with Crippen molar-refractivity contribution in [2.24, 2.45) is 5.92 Å². The molecular formula is C13H17BrClNO. The van der Waals surface area contributed by atoms with Crippen LogP contribution in [-0.4, -0.2) is 18.3 Å². The highest BCUT2D eigenvalue weighted by atomic mass is 79.9. The zero-order chi connectivity index (χ0) is 12.7. The number of hydrogen-bond donors (Lipinski definition) is 1. The molecule has 2 nitrogen and oxygen atoms in total. The molecule has 0 saturated carbocycles. The summed E-state index contributed by atoms with van der Waals surface area (Å²) in [5, 5.41) is 2.92. The smallest absolute Gasteiger partial charge is 0.224 e. The number of carbonyl (C=O) groups is 1. The number of rotatable bonds is 6. The Morgan fingerprint density at radius 1 is 1.41 bits per heavy atom. The SMILES string of the molecule is CC(CCCl)CNC(=O)Cc1ccc(Br)cc1. The van der Waals surface area contributed by atoms with E-state index in [1.54, 1.807) is 0 Å². The Kier molecular flexibility index (Phi) is 6.60. The number of nitrogens with one attached hydrogen (secondary N) is 1. The molecule has 94 valence electrons. The second kappa shape index (κ2) is 7.72. The number of amides is 1. The van der Waals surface area contributed by atoms with Gasteiger partial charge in [-0.2, -0.15) is 0 Å². The van der Waals surface area contributed by atoms with Gasteiger partial charge in [0.25, 0.3) is 0 Å². The lowest BCUT2D eigenvalue weighted by Crippen LogP contribution is -2.29. The summed E-state index contributed by atoms with van der Waals surface area (Å²) < 4.78 is 1.03. The maximum atomic E-state index is 11.7. The van der Waals surface area contributed by atoms with Crippen molar-refractivity contribution in [2.75, 3.05) is 12.4 Å². The van der Waals surface area contributed by atoms with Crippen LogP contribution in [0.2, 0.25) is 0 Å². The molecule has 1 atom stereocenters. The van der Waals surface area contributed by atoms with Crippen molar-refractivity contribution in [3.05, 3.63) is 34.3 Å². The summed E-state index contributed by atoms with van der Waals surface area (Å²) in [5.74, 6) is 1.14. The molecule has 0 aliphatic carbocycles. The van der Waals surface area contributed by atoms with Gasteiger partial charge in [0.1, 0.15) is 0 Å². The summed E-state index contributed by atoms with van der Waals surface area (Å²) in [5.41, 5.74) is 1.02. The summed E-state index contributed by atoms with van der Waals surface area (Å²) in [7, 11) is 0. The first-order chi connectivity index (χ1) is 8.11. The summed E-state index contributed by atoms with van der Waals surface area (Å²) in [4.78, 5) is 11.7. The Bertz CT molecular complexity index is 353. The second-order valence-corrected chi connectivity index (χ2v) is 5.48. The standard InChI is InChI=1S/C13H17BrClNO/c1-10(6-7-15)9-16-13(17)8-11-2-4-12(14)5-3-11/h2-5,10H,6-9H2,1H3,(H,16,17). The van der Waals surface area contributed by atoms with Gasteiger partial charge in [-0.15, -0.1) is 11.6 Å². The number of benzene rings is 1. The Balaban J connectivity index is 2.32. The van der Waals surface area contributed by atoms with Crippen LogP contribution in [-0.2, 0) is 11.2 Å². The predicted octanol–water partition coefficient (Wildman–Crippen LogP) is 3.37. The molecule has 1 N–H and O–H groups in total. The average Bonchev–Trinajstić information content (AvgIpc) is 2.30. The zero-order valence-electron chi connectivity index (χ0n) is 9.88.